The van der Waals surface area contributed by atoms with Crippen LogP contribution in [-0.2, 0) is 7.05 Å². The van der Waals surface area contributed by atoms with Crippen LogP contribution in [0.4, 0.5) is 11.5 Å². The van der Waals surface area contributed by atoms with Crippen LogP contribution < -0.4 is 11.1 Å². The third-order valence-electron chi connectivity index (χ3n) is 2.41. The van der Waals surface area contributed by atoms with Gasteiger partial charge in [0.25, 0.3) is 5.91 Å². The van der Waals surface area contributed by atoms with Crippen molar-refractivity contribution in [1.82, 2.24) is 9.78 Å². The number of nitrogens with two attached hydrogens (primary N) is 1. The van der Waals surface area contributed by atoms with Gasteiger partial charge in [0.2, 0.25) is 0 Å². The summed E-state index contributed by atoms with van der Waals surface area (Å²) in [6, 6.07) is 9.15. The van der Waals surface area contributed by atoms with E-state index in [1.165, 1.54) is 4.68 Å². The predicted octanol–water partition coefficient (Wildman–Crippen LogP) is 1.56. The van der Waals surface area contributed by atoms with Crippen molar-refractivity contribution < 1.29 is 4.79 Å². The summed E-state index contributed by atoms with van der Waals surface area (Å²) in [6.45, 7) is 1.97. The SMILES string of the molecule is Cc1cccc(NC(=O)c2cc(N)nn2C)c1. The minimum atomic E-state index is -0.220. The van der Waals surface area contributed by atoms with Gasteiger partial charge in [-0.3, -0.25) is 9.48 Å². The third kappa shape index (κ3) is 2.44. The van der Waals surface area contributed by atoms with Gasteiger partial charge in [-0.15, -0.1) is 0 Å². The van der Waals surface area contributed by atoms with Crippen LogP contribution in [0.3, 0.4) is 0 Å². The number of hydrogen-bond acceptors (Lipinski definition) is 3. The second-order valence-corrected chi connectivity index (χ2v) is 3.90. The standard InChI is InChI=1S/C12H14N4O/c1-8-4-3-5-9(6-8)14-12(17)10-7-11(13)15-16(10)2/h3-7H,1-2H3,(H2,13,15)(H,14,17). The Balaban J connectivity index is 2.20. The number of nitrogen functional groups attached to an aromatic ring is 1. The maximum atomic E-state index is 11.9. The number of nitrogens with one attached hydrogen (secondary N) is 1. The zero-order valence-electron chi connectivity index (χ0n) is 9.77. The van der Waals surface area contributed by atoms with Gasteiger partial charge in [-0.25, -0.2) is 0 Å². The summed E-state index contributed by atoms with van der Waals surface area (Å²) in [6.07, 6.45) is 0. The molecule has 0 unspecified atom stereocenters. The quantitative estimate of drug-likeness (QED) is 0.822. The fourth-order valence-electron chi connectivity index (χ4n) is 1.62. The lowest BCUT2D eigenvalue weighted by Crippen LogP contribution is -2.16. The molecule has 17 heavy (non-hydrogen) atoms. The van der Waals surface area contributed by atoms with Gasteiger partial charge in [-0.05, 0) is 24.6 Å². The second-order valence-electron chi connectivity index (χ2n) is 3.90. The van der Waals surface area contributed by atoms with Gasteiger partial charge in [0.15, 0.2) is 0 Å². The van der Waals surface area contributed by atoms with Gasteiger partial charge in [-0.1, -0.05) is 12.1 Å². The number of hydrogen-bond donors (Lipinski definition) is 2. The zero-order chi connectivity index (χ0) is 12.4. The Morgan fingerprint density at radius 3 is 2.76 bits per heavy atom. The van der Waals surface area contributed by atoms with E-state index in [0.717, 1.165) is 11.3 Å². The molecular formula is C12H14N4O. The molecule has 0 atom stereocenters. The van der Waals surface area contributed by atoms with Crippen molar-refractivity contribution in [2.75, 3.05) is 11.1 Å². The predicted molar refractivity (Wildman–Crippen MR) is 66.8 cm³/mol. The molecule has 0 fully saturated rings. The molecule has 0 saturated carbocycles. The Morgan fingerprint density at radius 2 is 2.18 bits per heavy atom. The summed E-state index contributed by atoms with van der Waals surface area (Å²) in [5.41, 5.74) is 7.81. The van der Waals surface area contributed by atoms with E-state index in [1.807, 2.05) is 31.2 Å². The van der Waals surface area contributed by atoms with Gasteiger partial charge < -0.3 is 11.1 Å². The summed E-state index contributed by atoms with van der Waals surface area (Å²) in [5.74, 6) is 0.115. The first-order valence-electron chi connectivity index (χ1n) is 5.24. The molecule has 1 aromatic heterocycles. The molecular weight excluding hydrogens is 216 g/mol. The molecule has 0 spiro atoms. The molecule has 1 amide bonds. The lowest BCUT2D eigenvalue weighted by molar-refractivity contribution is 0.101. The van der Waals surface area contributed by atoms with Gasteiger partial charge in [0.1, 0.15) is 11.5 Å². The topological polar surface area (TPSA) is 72.9 Å². The highest BCUT2D eigenvalue weighted by Gasteiger charge is 2.12. The lowest BCUT2D eigenvalue weighted by atomic mass is 10.2. The summed E-state index contributed by atoms with van der Waals surface area (Å²) in [5, 5.41) is 6.72. The summed E-state index contributed by atoms with van der Waals surface area (Å²) >= 11 is 0. The fourth-order valence-corrected chi connectivity index (χ4v) is 1.62. The molecule has 5 heteroatoms. The number of anilines is 2. The molecule has 0 aliphatic rings. The highest BCUT2D eigenvalue weighted by molar-refractivity contribution is 6.03. The molecule has 1 heterocycles. The van der Waals surface area contributed by atoms with Crippen molar-refractivity contribution in [2.45, 2.75) is 6.92 Å². The van der Waals surface area contributed by atoms with Gasteiger partial charge >= 0.3 is 0 Å². The summed E-state index contributed by atoms with van der Waals surface area (Å²) in [7, 11) is 1.68. The van der Waals surface area contributed by atoms with Crippen LogP contribution in [0.25, 0.3) is 0 Å². The first-order chi connectivity index (χ1) is 8.06. The van der Waals surface area contributed by atoms with E-state index < -0.39 is 0 Å². The van der Waals surface area contributed by atoms with Crippen LogP contribution in [0.1, 0.15) is 16.1 Å². The second kappa shape index (κ2) is 4.29. The van der Waals surface area contributed by atoms with Gasteiger partial charge in [0.05, 0.1) is 0 Å². The molecule has 2 aromatic rings. The number of carbonyl (C=O) groups is 1. The smallest absolute Gasteiger partial charge is 0.274 e. The maximum absolute atomic E-state index is 11.9. The summed E-state index contributed by atoms with van der Waals surface area (Å²) in [4.78, 5) is 11.9. The number of carbonyl (C=O) groups excluding carboxylic acids is 1. The molecule has 0 saturated heterocycles. The third-order valence-corrected chi connectivity index (χ3v) is 2.41. The van der Waals surface area contributed by atoms with Crippen LogP contribution in [0.5, 0.6) is 0 Å². The molecule has 0 aliphatic carbocycles. The fraction of sp³-hybridized carbons (Fsp3) is 0.167. The Bertz CT molecular complexity index is 559. The average Bonchev–Trinajstić information content (AvgIpc) is 2.58. The van der Waals surface area contributed by atoms with E-state index in [0.29, 0.717) is 11.5 Å². The van der Waals surface area contributed by atoms with E-state index in [-0.39, 0.29) is 5.91 Å². The van der Waals surface area contributed by atoms with E-state index in [9.17, 15) is 4.79 Å². The van der Waals surface area contributed by atoms with Crippen molar-refractivity contribution in [3.8, 4) is 0 Å². The minimum absolute atomic E-state index is 0.220. The van der Waals surface area contributed by atoms with Crippen molar-refractivity contribution in [2.24, 2.45) is 7.05 Å². The first-order valence-corrected chi connectivity index (χ1v) is 5.24. The number of nitrogens with zero attached hydrogens (tertiary/aromatic N) is 2. The van der Waals surface area contributed by atoms with Crippen LogP contribution in [0.2, 0.25) is 0 Å². The zero-order valence-corrected chi connectivity index (χ0v) is 9.77. The van der Waals surface area contributed by atoms with Crippen LogP contribution >= 0.6 is 0 Å². The molecule has 5 nitrogen and oxygen atoms in total. The molecule has 2 rings (SSSR count). The van der Waals surface area contributed by atoms with E-state index >= 15 is 0 Å². The highest BCUT2D eigenvalue weighted by Crippen LogP contribution is 2.12. The van der Waals surface area contributed by atoms with Crippen LogP contribution in [-0.4, -0.2) is 15.7 Å². The minimum Gasteiger partial charge on any atom is -0.382 e. The number of aromatic nitrogens is 2. The Kier molecular flexibility index (Phi) is 2.82. The van der Waals surface area contributed by atoms with E-state index in [1.54, 1.807) is 13.1 Å². The summed E-state index contributed by atoms with van der Waals surface area (Å²) < 4.78 is 1.46. The van der Waals surface area contributed by atoms with Crippen molar-refractivity contribution in [3.05, 3.63) is 41.6 Å². The number of benzene rings is 1. The maximum Gasteiger partial charge on any atom is 0.274 e. The Morgan fingerprint density at radius 1 is 1.41 bits per heavy atom. The number of aryl methyl sites for hydroxylation is 2. The van der Waals surface area contributed by atoms with E-state index in [2.05, 4.69) is 10.4 Å². The largest absolute Gasteiger partial charge is 0.382 e. The lowest BCUT2D eigenvalue weighted by Gasteiger charge is -2.05. The first kappa shape index (κ1) is 11.2. The number of rotatable bonds is 2. The highest BCUT2D eigenvalue weighted by atomic mass is 16.2. The van der Waals surface area contributed by atoms with Crippen LogP contribution in [0, 0.1) is 6.92 Å². The molecule has 0 bridgehead atoms. The van der Waals surface area contributed by atoms with Crippen molar-refractivity contribution in [1.29, 1.82) is 0 Å². The number of amides is 1. The molecule has 0 radical (unpaired) electrons. The molecule has 88 valence electrons. The van der Waals surface area contributed by atoms with Crippen molar-refractivity contribution >= 4 is 17.4 Å². The Hall–Kier alpha value is -2.30. The van der Waals surface area contributed by atoms with Crippen LogP contribution in [0.15, 0.2) is 30.3 Å². The van der Waals surface area contributed by atoms with E-state index in [4.69, 9.17) is 5.73 Å². The average molecular weight is 230 g/mol. The molecule has 3 N–H and O–H groups in total. The van der Waals surface area contributed by atoms with Crippen molar-refractivity contribution in [3.63, 3.8) is 0 Å². The monoisotopic (exact) mass is 230 g/mol. The van der Waals surface area contributed by atoms with Gasteiger partial charge in [-0.2, -0.15) is 5.10 Å². The van der Waals surface area contributed by atoms with Gasteiger partial charge in [0, 0.05) is 18.8 Å². The molecule has 0 aliphatic heterocycles. The Labute approximate surface area is 99.2 Å². The molecule has 1 aromatic carbocycles. The normalized spacial score (nSPS) is 10.2.